The van der Waals surface area contributed by atoms with Crippen molar-refractivity contribution in [2.45, 2.75) is 4.90 Å². The molecule has 0 aromatic heterocycles. The number of hydrogen-bond acceptors (Lipinski definition) is 2. The third-order valence-electron chi connectivity index (χ3n) is 1.04. The van der Waals surface area contributed by atoms with Crippen LogP contribution >= 0.6 is 0 Å². The first-order valence-corrected chi connectivity index (χ1v) is 4.07. The molecule has 0 amide bonds. The van der Waals surface area contributed by atoms with Gasteiger partial charge in [0.1, 0.15) is 0 Å². The number of benzene rings is 1. The Bertz CT molecular complexity index is 306. The van der Waals surface area contributed by atoms with Crippen LogP contribution in [0.25, 0.3) is 0 Å². The van der Waals surface area contributed by atoms with Crippen LogP contribution in [0.3, 0.4) is 0 Å². The Morgan fingerprint density at radius 3 is 1.82 bits per heavy atom. The van der Waals surface area contributed by atoms with Crippen molar-refractivity contribution in [3.05, 3.63) is 30.3 Å². The molecular weight excluding hydrogens is 222 g/mol. The van der Waals surface area contributed by atoms with Gasteiger partial charge in [-0.2, -0.15) is 8.42 Å². The molecule has 0 saturated heterocycles. The normalized spacial score (nSPS) is 10.3. The summed E-state index contributed by atoms with van der Waals surface area (Å²) in [4.78, 5) is -0.0741. The molecule has 0 bridgehead atoms. The van der Waals surface area contributed by atoms with Crippen LogP contribution in [0.1, 0.15) is 0 Å². The monoisotopic (exact) mass is 230 g/mol. The van der Waals surface area contributed by atoms with Crippen LogP contribution in [0.4, 0.5) is 0 Å². The third-order valence-corrected chi connectivity index (χ3v) is 1.91. The molecule has 0 aliphatic heterocycles. The second-order valence-corrected chi connectivity index (χ2v) is 3.21. The first-order valence-electron chi connectivity index (χ1n) is 2.63. The van der Waals surface area contributed by atoms with E-state index in [1.54, 1.807) is 18.2 Å². The molecule has 11 heavy (non-hydrogen) atoms. The molecule has 60 valence electrons. The predicted molar refractivity (Wildman–Crippen MR) is 46.2 cm³/mol. The zero-order chi connectivity index (χ0) is 7.61. The predicted octanol–water partition coefficient (Wildman–Crippen LogP) is -0.251. The van der Waals surface area contributed by atoms with E-state index in [4.69, 9.17) is 4.55 Å². The van der Waals surface area contributed by atoms with Crippen molar-refractivity contribution in [1.82, 2.24) is 0 Å². The van der Waals surface area contributed by atoms with Crippen LogP contribution in [0, 0.1) is 0 Å². The van der Waals surface area contributed by atoms with Crippen molar-refractivity contribution < 1.29 is 13.0 Å². The molecule has 0 heterocycles. The van der Waals surface area contributed by atoms with Crippen molar-refractivity contribution >= 4 is 29.9 Å². The Balaban J connectivity index is 0.000001000. The van der Waals surface area contributed by atoms with Gasteiger partial charge in [0.25, 0.3) is 10.1 Å². The molecule has 3 nitrogen and oxygen atoms in total. The van der Waals surface area contributed by atoms with Gasteiger partial charge in [-0.3, -0.25) is 4.55 Å². The fraction of sp³-hybridized carbons (Fsp3) is 0. The van der Waals surface area contributed by atoms with E-state index < -0.39 is 10.1 Å². The van der Waals surface area contributed by atoms with Gasteiger partial charge in [0.05, 0.1) is 4.90 Å². The summed E-state index contributed by atoms with van der Waals surface area (Å²) in [5.74, 6) is 0. The Morgan fingerprint density at radius 1 is 1.09 bits per heavy atom. The van der Waals surface area contributed by atoms with Crippen molar-refractivity contribution in [1.29, 1.82) is 0 Å². The standard InChI is InChI=1S/C6H6O3S.Ga.3H/c7-10(8,9)6-4-2-1-3-5-6;;;;/h1-5H,(H,7,8,9);;;;. The number of hydrogen-bond donors (Lipinski definition) is 1. The minimum atomic E-state index is -4.00. The van der Waals surface area contributed by atoms with Gasteiger partial charge in [0, 0.05) is 0 Å². The summed E-state index contributed by atoms with van der Waals surface area (Å²) in [5, 5.41) is 0. The maximum absolute atomic E-state index is 10.4. The van der Waals surface area contributed by atoms with E-state index in [2.05, 4.69) is 0 Å². The van der Waals surface area contributed by atoms with Crippen molar-refractivity contribution in [3.8, 4) is 0 Å². The molecule has 0 atom stereocenters. The average molecular weight is 231 g/mol. The third kappa shape index (κ3) is 3.11. The summed E-state index contributed by atoms with van der Waals surface area (Å²) < 4.78 is 29.2. The Morgan fingerprint density at radius 2 is 1.55 bits per heavy atom. The van der Waals surface area contributed by atoms with Gasteiger partial charge in [-0.05, 0) is 12.1 Å². The molecule has 0 radical (unpaired) electrons. The molecule has 1 aromatic rings. The van der Waals surface area contributed by atoms with Gasteiger partial charge >= 0.3 is 19.8 Å². The van der Waals surface area contributed by atoms with Gasteiger partial charge in [-0.25, -0.2) is 0 Å². The molecule has 1 rings (SSSR count). The van der Waals surface area contributed by atoms with Crippen LogP contribution in [0.15, 0.2) is 35.2 Å². The van der Waals surface area contributed by atoms with E-state index in [0.717, 1.165) is 0 Å². The van der Waals surface area contributed by atoms with Gasteiger partial charge in [0.15, 0.2) is 0 Å². The summed E-state index contributed by atoms with van der Waals surface area (Å²) in [6, 6.07) is 7.42. The molecule has 0 aliphatic carbocycles. The quantitative estimate of drug-likeness (QED) is 0.535. The Kier molecular flexibility index (Phi) is 3.88. The molecule has 5 heteroatoms. The zero-order valence-electron chi connectivity index (χ0n) is 5.06. The fourth-order valence-corrected chi connectivity index (χ4v) is 1.09. The van der Waals surface area contributed by atoms with Crippen molar-refractivity contribution in [2.75, 3.05) is 0 Å². The first kappa shape index (κ1) is 10.8. The van der Waals surface area contributed by atoms with Gasteiger partial charge in [-0.15, -0.1) is 0 Å². The van der Waals surface area contributed by atoms with Crippen molar-refractivity contribution in [2.24, 2.45) is 0 Å². The molecule has 0 saturated carbocycles. The molecule has 0 fully saturated rings. The molecule has 0 spiro atoms. The molecule has 0 aliphatic rings. The second-order valence-electron chi connectivity index (χ2n) is 1.79. The van der Waals surface area contributed by atoms with Gasteiger partial charge < -0.3 is 0 Å². The van der Waals surface area contributed by atoms with Crippen LogP contribution < -0.4 is 0 Å². The Hall–Kier alpha value is -0.234. The fourth-order valence-electron chi connectivity index (χ4n) is 0.592. The molecule has 0 unspecified atom stereocenters. The summed E-state index contributed by atoms with van der Waals surface area (Å²) in [6.45, 7) is 0. The molecule has 1 N–H and O–H groups in total. The van der Waals surface area contributed by atoms with E-state index in [1.165, 1.54) is 12.1 Å². The second kappa shape index (κ2) is 3.96. The van der Waals surface area contributed by atoms with Gasteiger partial charge in [0.2, 0.25) is 0 Å². The van der Waals surface area contributed by atoms with E-state index in [1.807, 2.05) is 0 Å². The van der Waals surface area contributed by atoms with E-state index in [-0.39, 0.29) is 24.7 Å². The topological polar surface area (TPSA) is 54.4 Å². The SMILES string of the molecule is O=S(=O)(O)c1ccccc1.[GaH3]. The van der Waals surface area contributed by atoms with E-state index in [0.29, 0.717) is 0 Å². The van der Waals surface area contributed by atoms with Crippen LogP contribution in [-0.2, 0) is 10.1 Å². The maximum atomic E-state index is 10.4. The van der Waals surface area contributed by atoms with E-state index >= 15 is 0 Å². The zero-order valence-corrected chi connectivity index (χ0v) is 5.88. The summed E-state index contributed by atoms with van der Waals surface area (Å²) >= 11 is 0. The van der Waals surface area contributed by atoms with Crippen molar-refractivity contribution in [3.63, 3.8) is 0 Å². The summed E-state index contributed by atoms with van der Waals surface area (Å²) in [6.07, 6.45) is 0. The first-order chi connectivity index (χ1) is 4.61. The number of rotatable bonds is 1. The van der Waals surface area contributed by atoms with Gasteiger partial charge in [-0.1, -0.05) is 18.2 Å². The average Bonchev–Trinajstić information content (AvgIpc) is 1.88. The minimum absolute atomic E-state index is 0. The Labute approximate surface area is 78.2 Å². The van der Waals surface area contributed by atoms with Crippen LogP contribution in [0.2, 0.25) is 0 Å². The summed E-state index contributed by atoms with van der Waals surface area (Å²) in [7, 11) is -4.00. The molecular formula is C6H9GaO3S. The van der Waals surface area contributed by atoms with Crippen LogP contribution in [-0.4, -0.2) is 32.8 Å². The van der Waals surface area contributed by atoms with Crippen LogP contribution in [0.5, 0.6) is 0 Å². The summed E-state index contributed by atoms with van der Waals surface area (Å²) in [5.41, 5.74) is 0. The molecule has 1 aromatic carbocycles. The van der Waals surface area contributed by atoms with E-state index in [9.17, 15) is 8.42 Å².